The molecule has 2 N–H and O–H groups in total. The predicted octanol–water partition coefficient (Wildman–Crippen LogP) is 2.33. The molecule has 0 bridgehead atoms. The molecular formula is C16H25N3O. The number of carbonyl (C=O) groups excluding carboxylic acids is 1. The zero-order valence-corrected chi connectivity index (χ0v) is 12.3. The Hall–Kier alpha value is -1.29. The summed E-state index contributed by atoms with van der Waals surface area (Å²) in [4.78, 5) is 12.5. The van der Waals surface area contributed by atoms with Crippen molar-refractivity contribution in [3.05, 3.63) is 24.0 Å². The molecule has 0 spiro atoms. The predicted molar refractivity (Wildman–Crippen MR) is 79.8 cm³/mol. The largest absolute Gasteiger partial charge is 0.348 e. The van der Waals surface area contributed by atoms with E-state index in [4.69, 9.17) is 0 Å². The van der Waals surface area contributed by atoms with Gasteiger partial charge in [0.25, 0.3) is 5.91 Å². The molecule has 4 heteroatoms. The SMILES string of the molecule is CC(NC(=O)c1cccn1C1CCC1)C1CCCNC1. The van der Waals surface area contributed by atoms with Crippen LogP contribution >= 0.6 is 0 Å². The van der Waals surface area contributed by atoms with Crippen LogP contribution in [0.2, 0.25) is 0 Å². The van der Waals surface area contributed by atoms with E-state index in [0.29, 0.717) is 12.0 Å². The van der Waals surface area contributed by atoms with Gasteiger partial charge in [0.15, 0.2) is 0 Å². The van der Waals surface area contributed by atoms with Gasteiger partial charge in [-0.05, 0) is 70.2 Å². The zero-order chi connectivity index (χ0) is 13.9. The van der Waals surface area contributed by atoms with Crippen LogP contribution in [0.25, 0.3) is 0 Å². The van der Waals surface area contributed by atoms with E-state index < -0.39 is 0 Å². The molecule has 1 saturated heterocycles. The lowest BCUT2D eigenvalue weighted by atomic mass is 9.92. The second-order valence-electron chi connectivity index (χ2n) is 6.25. The molecule has 2 aliphatic rings. The third kappa shape index (κ3) is 2.75. The van der Waals surface area contributed by atoms with Gasteiger partial charge in [0.2, 0.25) is 0 Å². The van der Waals surface area contributed by atoms with Gasteiger partial charge in [-0.25, -0.2) is 0 Å². The summed E-state index contributed by atoms with van der Waals surface area (Å²) >= 11 is 0. The Morgan fingerprint density at radius 2 is 2.25 bits per heavy atom. The summed E-state index contributed by atoms with van der Waals surface area (Å²) in [6.07, 6.45) is 8.16. The lowest BCUT2D eigenvalue weighted by Gasteiger charge is -2.31. The summed E-state index contributed by atoms with van der Waals surface area (Å²) in [6, 6.07) is 4.71. The van der Waals surface area contributed by atoms with Crippen LogP contribution in [0, 0.1) is 5.92 Å². The maximum atomic E-state index is 12.5. The Bertz CT molecular complexity index is 458. The van der Waals surface area contributed by atoms with E-state index in [1.807, 2.05) is 18.3 Å². The summed E-state index contributed by atoms with van der Waals surface area (Å²) in [6.45, 7) is 4.26. The molecule has 2 unspecified atom stereocenters. The van der Waals surface area contributed by atoms with Gasteiger partial charge in [0.1, 0.15) is 5.69 Å². The van der Waals surface area contributed by atoms with Gasteiger partial charge in [-0.2, -0.15) is 0 Å². The smallest absolute Gasteiger partial charge is 0.268 e. The fourth-order valence-electron chi connectivity index (χ4n) is 3.27. The quantitative estimate of drug-likeness (QED) is 0.886. The van der Waals surface area contributed by atoms with Crippen LogP contribution in [0.1, 0.15) is 55.6 Å². The van der Waals surface area contributed by atoms with Crippen molar-refractivity contribution in [2.24, 2.45) is 5.92 Å². The lowest BCUT2D eigenvalue weighted by molar-refractivity contribution is 0.0906. The van der Waals surface area contributed by atoms with Crippen LogP contribution in [-0.2, 0) is 0 Å². The minimum absolute atomic E-state index is 0.0833. The highest BCUT2D eigenvalue weighted by atomic mass is 16.2. The molecule has 1 aliphatic carbocycles. The number of nitrogens with zero attached hydrogens (tertiary/aromatic N) is 1. The molecule has 110 valence electrons. The molecule has 2 atom stereocenters. The topological polar surface area (TPSA) is 46.1 Å². The van der Waals surface area contributed by atoms with Gasteiger partial charge in [-0.3, -0.25) is 4.79 Å². The van der Waals surface area contributed by atoms with E-state index in [0.717, 1.165) is 18.8 Å². The first kappa shape index (κ1) is 13.7. The molecule has 1 aliphatic heterocycles. The van der Waals surface area contributed by atoms with Gasteiger partial charge in [0, 0.05) is 18.3 Å². The number of hydrogen-bond donors (Lipinski definition) is 2. The van der Waals surface area contributed by atoms with Gasteiger partial charge in [0.05, 0.1) is 0 Å². The number of aromatic nitrogens is 1. The Morgan fingerprint density at radius 1 is 1.40 bits per heavy atom. The number of rotatable bonds is 4. The normalized spacial score (nSPS) is 24.9. The minimum atomic E-state index is 0.0833. The highest BCUT2D eigenvalue weighted by Crippen LogP contribution is 2.32. The van der Waals surface area contributed by atoms with Crippen molar-refractivity contribution < 1.29 is 4.79 Å². The monoisotopic (exact) mass is 275 g/mol. The molecule has 1 aromatic heterocycles. The zero-order valence-electron chi connectivity index (χ0n) is 12.3. The Morgan fingerprint density at radius 3 is 2.90 bits per heavy atom. The molecule has 4 nitrogen and oxygen atoms in total. The molecule has 2 fully saturated rings. The van der Waals surface area contributed by atoms with E-state index in [-0.39, 0.29) is 11.9 Å². The fraction of sp³-hybridized carbons (Fsp3) is 0.688. The van der Waals surface area contributed by atoms with Crippen LogP contribution in [0.15, 0.2) is 18.3 Å². The second kappa shape index (κ2) is 6.00. The average molecular weight is 275 g/mol. The van der Waals surface area contributed by atoms with Crippen molar-refractivity contribution in [1.29, 1.82) is 0 Å². The minimum Gasteiger partial charge on any atom is -0.348 e. The van der Waals surface area contributed by atoms with E-state index in [9.17, 15) is 4.79 Å². The third-order valence-electron chi connectivity index (χ3n) is 4.88. The van der Waals surface area contributed by atoms with Gasteiger partial charge in [-0.15, -0.1) is 0 Å². The molecule has 0 radical (unpaired) electrons. The molecule has 1 amide bonds. The van der Waals surface area contributed by atoms with Crippen LogP contribution in [0.5, 0.6) is 0 Å². The van der Waals surface area contributed by atoms with Gasteiger partial charge in [-0.1, -0.05) is 0 Å². The molecule has 3 rings (SSSR count). The van der Waals surface area contributed by atoms with Crippen LogP contribution in [0.3, 0.4) is 0 Å². The van der Waals surface area contributed by atoms with E-state index in [1.165, 1.54) is 32.1 Å². The number of piperidine rings is 1. The summed E-state index contributed by atoms with van der Waals surface area (Å²) in [7, 11) is 0. The number of carbonyl (C=O) groups is 1. The molecule has 20 heavy (non-hydrogen) atoms. The summed E-state index contributed by atoms with van der Waals surface area (Å²) < 4.78 is 2.16. The standard InChI is InChI=1S/C16H25N3O/c1-12(13-5-3-9-17-11-13)18-16(20)15-8-4-10-19(15)14-6-2-7-14/h4,8,10,12-14,17H,2-3,5-7,9,11H2,1H3,(H,18,20). The van der Waals surface area contributed by atoms with Crippen molar-refractivity contribution in [2.45, 2.75) is 51.1 Å². The van der Waals surface area contributed by atoms with Crippen LogP contribution < -0.4 is 10.6 Å². The number of nitrogens with one attached hydrogen (secondary N) is 2. The van der Waals surface area contributed by atoms with Crippen molar-refractivity contribution in [2.75, 3.05) is 13.1 Å². The van der Waals surface area contributed by atoms with Gasteiger partial charge < -0.3 is 15.2 Å². The fourth-order valence-corrected chi connectivity index (χ4v) is 3.27. The molecule has 1 aromatic rings. The lowest BCUT2D eigenvalue weighted by Crippen LogP contribution is -2.45. The third-order valence-corrected chi connectivity index (χ3v) is 4.88. The van der Waals surface area contributed by atoms with Crippen molar-refractivity contribution >= 4 is 5.91 Å². The molecule has 1 saturated carbocycles. The van der Waals surface area contributed by atoms with E-state index in [2.05, 4.69) is 22.1 Å². The number of amides is 1. The highest BCUT2D eigenvalue weighted by molar-refractivity contribution is 5.93. The van der Waals surface area contributed by atoms with Crippen LogP contribution in [-0.4, -0.2) is 29.6 Å². The second-order valence-corrected chi connectivity index (χ2v) is 6.25. The summed E-state index contributed by atoms with van der Waals surface area (Å²) in [5.74, 6) is 0.639. The first-order valence-corrected chi connectivity index (χ1v) is 7.94. The Labute approximate surface area is 120 Å². The Balaban J connectivity index is 1.62. The molecule has 2 heterocycles. The Kier molecular flexibility index (Phi) is 4.10. The summed E-state index contributed by atoms with van der Waals surface area (Å²) in [5, 5.41) is 6.61. The van der Waals surface area contributed by atoms with Crippen LogP contribution in [0.4, 0.5) is 0 Å². The molecule has 0 aromatic carbocycles. The highest BCUT2D eigenvalue weighted by Gasteiger charge is 2.25. The summed E-state index contributed by atoms with van der Waals surface area (Å²) in [5.41, 5.74) is 0.824. The van der Waals surface area contributed by atoms with Gasteiger partial charge >= 0.3 is 0 Å². The van der Waals surface area contributed by atoms with Crippen molar-refractivity contribution in [3.63, 3.8) is 0 Å². The first-order chi connectivity index (χ1) is 9.75. The van der Waals surface area contributed by atoms with E-state index >= 15 is 0 Å². The maximum absolute atomic E-state index is 12.5. The molecular weight excluding hydrogens is 250 g/mol. The van der Waals surface area contributed by atoms with Crippen molar-refractivity contribution in [3.8, 4) is 0 Å². The maximum Gasteiger partial charge on any atom is 0.268 e. The number of hydrogen-bond acceptors (Lipinski definition) is 2. The van der Waals surface area contributed by atoms with E-state index in [1.54, 1.807) is 0 Å². The average Bonchev–Trinajstić information content (AvgIpc) is 2.86. The first-order valence-electron chi connectivity index (χ1n) is 7.94. The van der Waals surface area contributed by atoms with Crippen molar-refractivity contribution in [1.82, 2.24) is 15.2 Å².